The van der Waals surface area contributed by atoms with Crippen LogP contribution in [0.15, 0.2) is 18.2 Å². The summed E-state index contributed by atoms with van der Waals surface area (Å²) < 4.78 is 5.99. The van der Waals surface area contributed by atoms with Crippen molar-refractivity contribution in [2.24, 2.45) is 17.8 Å². The van der Waals surface area contributed by atoms with Crippen molar-refractivity contribution in [3.05, 3.63) is 29.3 Å². The normalized spacial score (nSPS) is 18.7. The van der Waals surface area contributed by atoms with Crippen LogP contribution in [0.5, 0.6) is 5.75 Å². The fraction of sp³-hybridized carbons (Fsp3) is 0.667. The second-order valence-corrected chi connectivity index (χ2v) is 7.91. The Bertz CT molecular complexity index is 583. The van der Waals surface area contributed by atoms with Crippen molar-refractivity contribution in [1.29, 1.82) is 0 Å². The van der Waals surface area contributed by atoms with Gasteiger partial charge < -0.3 is 15.4 Å². The first-order chi connectivity index (χ1) is 12.1. The summed E-state index contributed by atoms with van der Waals surface area (Å²) in [4.78, 5) is 12.4. The Morgan fingerprint density at radius 3 is 2.69 bits per heavy atom. The zero-order valence-corrected chi connectivity index (χ0v) is 16.9. The summed E-state index contributed by atoms with van der Waals surface area (Å²) >= 11 is 0. The number of benzene rings is 1. The molecule has 146 valence electrons. The maximum Gasteiger partial charge on any atom is 0.220 e. The number of nitrogens with one attached hydrogen (secondary N) is 2. The van der Waals surface area contributed by atoms with E-state index in [2.05, 4.69) is 42.7 Å². The smallest absolute Gasteiger partial charge is 0.220 e. The molecule has 1 unspecified atom stereocenters. The van der Waals surface area contributed by atoms with Crippen LogP contribution in [0.1, 0.15) is 50.2 Å². The van der Waals surface area contributed by atoms with Gasteiger partial charge in [0.05, 0.1) is 6.61 Å². The second kappa shape index (κ2) is 10.2. The molecule has 1 aliphatic heterocycles. The highest BCUT2D eigenvalue weighted by Crippen LogP contribution is 2.31. The van der Waals surface area contributed by atoms with Crippen LogP contribution in [-0.4, -0.2) is 25.6 Å². The third kappa shape index (κ3) is 6.48. The Morgan fingerprint density at radius 1 is 1.27 bits per heavy atom. The van der Waals surface area contributed by atoms with Gasteiger partial charge in [-0.05, 0) is 75.1 Å². The van der Waals surface area contributed by atoms with Gasteiger partial charge >= 0.3 is 0 Å². The number of carbonyl (C=O) groups excluding carboxylic acids is 1. The summed E-state index contributed by atoms with van der Waals surface area (Å²) in [5, 5.41) is 6.49. The number of hydrogen-bond acceptors (Lipinski definition) is 3. The molecule has 0 radical (unpaired) electrons. The lowest BCUT2D eigenvalue weighted by Crippen LogP contribution is -2.33. The number of amides is 1. The monoisotopic (exact) mass is 380 g/mol. The Hall–Kier alpha value is -1.26. The lowest BCUT2D eigenvalue weighted by atomic mass is 9.84. The van der Waals surface area contributed by atoms with E-state index in [0.29, 0.717) is 24.8 Å². The molecule has 1 aliphatic carbocycles. The first kappa shape index (κ1) is 21.0. The molecule has 3 rings (SSSR count). The quantitative estimate of drug-likeness (QED) is 0.720. The maximum atomic E-state index is 12.4. The third-order valence-electron chi connectivity index (χ3n) is 5.57. The van der Waals surface area contributed by atoms with Gasteiger partial charge in [-0.3, -0.25) is 4.79 Å². The molecule has 4 nitrogen and oxygen atoms in total. The molecular weight excluding hydrogens is 348 g/mol. The zero-order valence-electron chi connectivity index (χ0n) is 16.1. The summed E-state index contributed by atoms with van der Waals surface area (Å²) in [6, 6.07) is 6.25. The molecule has 1 atom stereocenters. The highest BCUT2D eigenvalue weighted by Gasteiger charge is 2.23. The van der Waals surface area contributed by atoms with Gasteiger partial charge in [0.15, 0.2) is 0 Å². The van der Waals surface area contributed by atoms with Crippen LogP contribution in [0.25, 0.3) is 0 Å². The fourth-order valence-corrected chi connectivity index (χ4v) is 3.57. The van der Waals surface area contributed by atoms with E-state index in [9.17, 15) is 4.79 Å². The minimum absolute atomic E-state index is 0. The number of aryl methyl sites for hydroxylation is 1. The van der Waals surface area contributed by atoms with Gasteiger partial charge in [0.2, 0.25) is 5.91 Å². The van der Waals surface area contributed by atoms with Gasteiger partial charge in [-0.2, -0.15) is 0 Å². The summed E-state index contributed by atoms with van der Waals surface area (Å²) in [6.07, 6.45) is 5.56. The SMILES string of the molecule is Cc1ccc(CNC(=O)CC(C)C2CCNCC2)c(OCC2CC2)c1.Cl. The van der Waals surface area contributed by atoms with Crippen LogP contribution in [0, 0.1) is 24.7 Å². The number of halogens is 1. The first-order valence-corrected chi connectivity index (χ1v) is 9.81. The van der Waals surface area contributed by atoms with Gasteiger partial charge in [-0.15, -0.1) is 12.4 Å². The highest BCUT2D eigenvalue weighted by molar-refractivity contribution is 5.85. The minimum atomic E-state index is 0. The van der Waals surface area contributed by atoms with E-state index in [1.807, 2.05) is 0 Å². The maximum absolute atomic E-state index is 12.4. The van der Waals surface area contributed by atoms with Crippen molar-refractivity contribution < 1.29 is 9.53 Å². The van der Waals surface area contributed by atoms with E-state index in [0.717, 1.165) is 36.9 Å². The van der Waals surface area contributed by atoms with Gasteiger partial charge in [0, 0.05) is 18.5 Å². The number of carbonyl (C=O) groups is 1. The molecule has 1 amide bonds. The van der Waals surface area contributed by atoms with Crippen LogP contribution in [-0.2, 0) is 11.3 Å². The molecule has 0 bridgehead atoms. The van der Waals surface area contributed by atoms with E-state index >= 15 is 0 Å². The van der Waals surface area contributed by atoms with Crippen molar-refractivity contribution >= 4 is 18.3 Å². The van der Waals surface area contributed by atoms with Crippen LogP contribution >= 0.6 is 12.4 Å². The van der Waals surface area contributed by atoms with Gasteiger partial charge in [0.25, 0.3) is 0 Å². The molecular formula is C21H33ClN2O2. The second-order valence-electron chi connectivity index (χ2n) is 7.91. The first-order valence-electron chi connectivity index (χ1n) is 9.81. The van der Waals surface area contributed by atoms with Crippen LogP contribution < -0.4 is 15.4 Å². The molecule has 1 heterocycles. The molecule has 1 saturated carbocycles. The van der Waals surface area contributed by atoms with E-state index in [4.69, 9.17) is 4.74 Å². The van der Waals surface area contributed by atoms with Crippen molar-refractivity contribution in [3.63, 3.8) is 0 Å². The molecule has 1 saturated heterocycles. The Labute approximate surface area is 163 Å². The van der Waals surface area contributed by atoms with E-state index < -0.39 is 0 Å². The number of piperidine rings is 1. The van der Waals surface area contributed by atoms with Gasteiger partial charge in [-0.25, -0.2) is 0 Å². The Morgan fingerprint density at radius 2 is 2.00 bits per heavy atom. The summed E-state index contributed by atoms with van der Waals surface area (Å²) in [7, 11) is 0. The van der Waals surface area contributed by atoms with Crippen molar-refractivity contribution in [2.45, 2.75) is 52.5 Å². The van der Waals surface area contributed by atoms with Crippen LogP contribution in [0.4, 0.5) is 0 Å². The van der Waals surface area contributed by atoms with E-state index in [1.165, 1.54) is 31.2 Å². The summed E-state index contributed by atoms with van der Waals surface area (Å²) in [5.41, 5.74) is 2.27. The third-order valence-corrected chi connectivity index (χ3v) is 5.57. The lowest BCUT2D eigenvalue weighted by Gasteiger charge is -2.27. The topological polar surface area (TPSA) is 50.4 Å². The van der Waals surface area contributed by atoms with Crippen LogP contribution in [0.3, 0.4) is 0 Å². The molecule has 2 N–H and O–H groups in total. The molecule has 26 heavy (non-hydrogen) atoms. The fourth-order valence-electron chi connectivity index (χ4n) is 3.57. The summed E-state index contributed by atoms with van der Waals surface area (Å²) in [6.45, 7) is 7.82. The standard InChI is InChI=1S/C21H32N2O2.ClH/c1-15-3-6-19(20(11-15)25-14-17-4-5-17)13-23-21(24)12-16(2)18-7-9-22-10-8-18;/h3,6,11,16-18,22H,4-5,7-10,12-14H2,1-2H3,(H,23,24);1H. The molecule has 1 aromatic carbocycles. The summed E-state index contributed by atoms with van der Waals surface area (Å²) in [5.74, 6) is 2.93. The predicted octanol–water partition coefficient (Wildman–Crippen LogP) is 3.85. The van der Waals surface area contributed by atoms with Gasteiger partial charge in [0.1, 0.15) is 5.75 Å². The van der Waals surface area contributed by atoms with E-state index in [-0.39, 0.29) is 18.3 Å². The molecule has 5 heteroatoms. The van der Waals surface area contributed by atoms with Crippen molar-refractivity contribution in [3.8, 4) is 5.75 Å². The zero-order chi connectivity index (χ0) is 17.6. The van der Waals surface area contributed by atoms with Crippen molar-refractivity contribution in [1.82, 2.24) is 10.6 Å². The Balaban J connectivity index is 0.00000243. The average Bonchev–Trinajstić information content (AvgIpc) is 3.44. The number of ether oxygens (including phenoxy) is 1. The molecule has 2 aliphatic rings. The largest absolute Gasteiger partial charge is 0.493 e. The van der Waals surface area contributed by atoms with E-state index in [1.54, 1.807) is 0 Å². The molecule has 1 aromatic rings. The highest BCUT2D eigenvalue weighted by atomic mass is 35.5. The predicted molar refractivity (Wildman–Crippen MR) is 108 cm³/mol. The average molecular weight is 381 g/mol. The molecule has 2 fully saturated rings. The lowest BCUT2D eigenvalue weighted by molar-refractivity contribution is -0.122. The number of hydrogen-bond donors (Lipinski definition) is 2. The molecule has 0 spiro atoms. The van der Waals surface area contributed by atoms with Gasteiger partial charge in [-0.1, -0.05) is 19.1 Å². The number of rotatable bonds is 8. The van der Waals surface area contributed by atoms with Crippen molar-refractivity contribution in [2.75, 3.05) is 19.7 Å². The van der Waals surface area contributed by atoms with Crippen LogP contribution in [0.2, 0.25) is 0 Å². The Kier molecular flexibility index (Phi) is 8.23. The minimum Gasteiger partial charge on any atom is -0.493 e. The molecule has 0 aromatic heterocycles.